The summed E-state index contributed by atoms with van der Waals surface area (Å²) >= 11 is 0. The van der Waals surface area contributed by atoms with E-state index in [0.717, 1.165) is 33.4 Å². The largest absolute Gasteiger partial charge is 0.503 e. The van der Waals surface area contributed by atoms with Crippen molar-refractivity contribution in [3.63, 3.8) is 0 Å². The van der Waals surface area contributed by atoms with Crippen LogP contribution in [0.5, 0.6) is 0 Å². The van der Waals surface area contributed by atoms with E-state index in [4.69, 9.17) is 0 Å². The van der Waals surface area contributed by atoms with Gasteiger partial charge in [0.25, 0.3) is 5.91 Å². The molecule has 7 heteroatoms. The van der Waals surface area contributed by atoms with Gasteiger partial charge in [0.1, 0.15) is 0 Å². The number of hydrogen-bond donors (Lipinski definition) is 2. The lowest BCUT2D eigenvalue weighted by molar-refractivity contribution is -0.118. The summed E-state index contributed by atoms with van der Waals surface area (Å²) < 4.78 is 0. The number of H-pyrrole nitrogens is 1. The van der Waals surface area contributed by atoms with Gasteiger partial charge in [0.2, 0.25) is 5.95 Å². The van der Waals surface area contributed by atoms with Crippen LogP contribution in [-0.4, -0.2) is 40.9 Å². The molecule has 2 N–H and O–H groups in total. The molecule has 0 saturated carbocycles. The number of aliphatic hydroxyl groups excluding tert-OH is 1. The molecule has 0 fully saturated rings. The summed E-state index contributed by atoms with van der Waals surface area (Å²) in [6, 6.07) is 10.8. The van der Waals surface area contributed by atoms with Gasteiger partial charge in [-0.05, 0) is 60.7 Å². The Morgan fingerprint density at radius 1 is 1.15 bits per heavy atom. The first-order chi connectivity index (χ1) is 15.6. The molecule has 1 aromatic heterocycles. The molecule has 4 rings (SSSR count). The van der Waals surface area contributed by atoms with Gasteiger partial charge < -0.3 is 15.0 Å². The van der Waals surface area contributed by atoms with Crippen LogP contribution in [0.1, 0.15) is 43.0 Å². The van der Waals surface area contributed by atoms with Crippen molar-refractivity contribution in [1.82, 2.24) is 9.97 Å². The number of fused-ring (bicyclic) bond motifs is 1. The van der Waals surface area contributed by atoms with Crippen molar-refractivity contribution in [2.24, 2.45) is 5.92 Å². The topological polar surface area (TPSA) is 89.5 Å². The molecule has 33 heavy (non-hydrogen) atoms. The number of nitrogens with one attached hydrogen (secondary N) is 1. The van der Waals surface area contributed by atoms with Crippen molar-refractivity contribution in [1.29, 1.82) is 0 Å². The zero-order valence-corrected chi connectivity index (χ0v) is 19.9. The van der Waals surface area contributed by atoms with E-state index in [2.05, 4.69) is 9.97 Å². The highest BCUT2D eigenvalue weighted by Crippen LogP contribution is 2.41. The van der Waals surface area contributed by atoms with Gasteiger partial charge in [0.15, 0.2) is 11.5 Å². The normalized spacial score (nSPS) is 16.4. The van der Waals surface area contributed by atoms with Crippen LogP contribution in [0, 0.1) is 19.8 Å². The number of ketones is 1. The summed E-state index contributed by atoms with van der Waals surface area (Å²) in [5.74, 6) is -0.967. The fourth-order valence-electron chi connectivity index (χ4n) is 4.23. The number of imidazole rings is 1. The number of Topliss-reactive ketones (excluding diaryl/α,β-unsaturated/α-hetero) is 1. The molecule has 3 aromatic rings. The molecule has 1 aliphatic rings. The van der Waals surface area contributed by atoms with E-state index in [1.165, 1.54) is 4.90 Å². The number of benzene rings is 2. The van der Waals surface area contributed by atoms with Crippen molar-refractivity contribution in [2.45, 2.75) is 40.2 Å². The van der Waals surface area contributed by atoms with Gasteiger partial charge >= 0.3 is 0 Å². The van der Waals surface area contributed by atoms with E-state index in [-0.39, 0.29) is 23.7 Å². The van der Waals surface area contributed by atoms with E-state index in [1.54, 1.807) is 0 Å². The molecular weight excluding hydrogens is 416 g/mol. The second-order valence-electron chi connectivity index (χ2n) is 9.36. The number of rotatable bonds is 6. The zero-order chi connectivity index (χ0) is 24.0. The standard InChI is InChI=1S/C26H30N4O3/c1-14(2)11-21(31)22-23(17-7-9-18(10-8-17)29(5)6)30(25(33)24(22)32)26-27-19-12-15(3)16(4)13-20(19)28-26/h7-10,12-14,23,32H,11H2,1-6H3,(H,27,28). The Kier molecular flexibility index (Phi) is 5.74. The van der Waals surface area contributed by atoms with Gasteiger partial charge in [-0.25, -0.2) is 4.98 Å². The SMILES string of the molecule is Cc1cc2nc(N3C(=O)C(O)=C(C(=O)CC(C)C)C3c3ccc(N(C)C)cc3)[nH]c2cc1C. The van der Waals surface area contributed by atoms with Gasteiger partial charge in [0, 0.05) is 26.2 Å². The van der Waals surface area contributed by atoms with Crippen LogP contribution in [0.3, 0.4) is 0 Å². The van der Waals surface area contributed by atoms with E-state index in [1.807, 2.05) is 83.1 Å². The third-order valence-corrected chi connectivity index (χ3v) is 6.14. The molecular formula is C26H30N4O3. The lowest BCUT2D eigenvalue weighted by Gasteiger charge is -2.25. The van der Waals surface area contributed by atoms with Crippen LogP contribution in [0.4, 0.5) is 11.6 Å². The summed E-state index contributed by atoms with van der Waals surface area (Å²) in [6.07, 6.45) is 0.241. The van der Waals surface area contributed by atoms with Crippen molar-refractivity contribution in [3.05, 3.63) is 64.4 Å². The maximum Gasteiger partial charge on any atom is 0.296 e. The Morgan fingerprint density at radius 3 is 2.39 bits per heavy atom. The molecule has 1 aliphatic heterocycles. The maximum absolute atomic E-state index is 13.3. The van der Waals surface area contributed by atoms with Crippen LogP contribution in [0.2, 0.25) is 0 Å². The van der Waals surface area contributed by atoms with Crippen molar-refractivity contribution in [3.8, 4) is 0 Å². The van der Waals surface area contributed by atoms with Crippen LogP contribution < -0.4 is 9.80 Å². The third-order valence-electron chi connectivity index (χ3n) is 6.14. The average Bonchev–Trinajstić information content (AvgIpc) is 3.26. The first-order valence-electron chi connectivity index (χ1n) is 11.1. The fourth-order valence-corrected chi connectivity index (χ4v) is 4.23. The van der Waals surface area contributed by atoms with Crippen molar-refractivity contribution >= 4 is 34.4 Å². The van der Waals surface area contributed by atoms with Crippen LogP contribution in [0.15, 0.2) is 47.7 Å². The summed E-state index contributed by atoms with van der Waals surface area (Å²) in [7, 11) is 3.89. The molecule has 0 radical (unpaired) electrons. The first kappa shape index (κ1) is 22.6. The first-order valence-corrected chi connectivity index (χ1v) is 11.1. The molecule has 7 nitrogen and oxygen atoms in total. The number of aliphatic hydroxyl groups is 1. The summed E-state index contributed by atoms with van der Waals surface area (Å²) in [6.45, 7) is 7.90. The van der Waals surface area contributed by atoms with Crippen LogP contribution in [0.25, 0.3) is 11.0 Å². The second-order valence-corrected chi connectivity index (χ2v) is 9.36. The number of carbonyl (C=O) groups excluding carboxylic acids is 2. The number of aromatic amines is 1. The predicted molar refractivity (Wildman–Crippen MR) is 131 cm³/mol. The fraction of sp³-hybridized carbons (Fsp3) is 0.346. The van der Waals surface area contributed by atoms with E-state index < -0.39 is 17.7 Å². The Labute approximate surface area is 193 Å². The highest BCUT2D eigenvalue weighted by atomic mass is 16.3. The van der Waals surface area contributed by atoms with Gasteiger partial charge in [0.05, 0.1) is 22.6 Å². The number of aromatic nitrogens is 2. The van der Waals surface area contributed by atoms with E-state index in [0.29, 0.717) is 5.95 Å². The number of nitrogens with zero attached hydrogens (tertiary/aromatic N) is 3. The van der Waals surface area contributed by atoms with Gasteiger partial charge in [-0.15, -0.1) is 0 Å². The Morgan fingerprint density at radius 2 is 1.79 bits per heavy atom. The molecule has 2 heterocycles. The molecule has 1 amide bonds. The molecule has 1 unspecified atom stereocenters. The summed E-state index contributed by atoms with van der Waals surface area (Å²) in [4.78, 5) is 37.7. The Bertz CT molecular complexity index is 1230. The van der Waals surface area contributed by atoms with E-state index in [9.17, 15) is 14.7 Å². The lowest BCUT2D eigenvalue weighted by atomic mass is 9.92. The smallest absolute Gasteiger partial charge is 0.296 e. The van der Waals surface area contributed by atoms with Gasteiger partial charge in [-0.3, -0.25) is 14.5 Å². The van der Waals surface area contributed by atoms with Crippen molar-refractivity contribution < 1.29 is 14.7 Å². The van der Waals surface area contributed by atoms with Crippen molar-refractivity contribution in [2.75, 3.05) is 23.9 Å². The highest BCUT2D eigenvalue weighted by molar-refractivity contribution is 6.16. The molecule has 1 atom stereocenters. The highest BCUT2D eigenvalue weighted by Gasteiger charge is 2.45. The Hall–Kier alpha value is -3.61. The minimum absolute atomic E-state index is 0.0934. The minimum Gasteiger partial charge on any atom is -0.503 e. The van der Waals surface area contributed by atoms with Crippen LogP contribution >= 0.6 is 0 Å². The van der Waals surface area contributed by atoms with Gasteiger partial charge in [-0.1, -0.05) is 26.0 Å². The number of carbonyl (C=O) groups is 2. The molecule has 0 saturated heterocycles. The number of aryl methyl sites for hydroxylation is 2. The third kappa shape index (κ3) is 3.99. The monoisotopic (exact) mass is 446 g/mol. The average molecular weight is 447 g/mol. The van der Waals surface area contributed by atoms with E-state index >= 15 is 0 Å². The second kappa shape index (κ2) is 8.39. The van der Waals surface area contributed by atoms with Gasteiger partial charge in [-0.2, -0.15) is 0 Å². The summed E-state index contributed by atoms with van der Waals surface area (Å²) in [5.41, 5.74) is 5.57. The quantitative estimate of drug-likeness (QED) is 0.570. The van der Waals surface area contributed by atoms with Crippen LogP contribution in [-0.2, 0) is 9.59 Å². The number of amides is 1. The lowest BCUT2D eigenvalue weighted by Crippen LogP contribution is -2.32. The predicted octanol–water partition coefficient (Wildman–Crippen LogP) is 4.76. The maximum atomic E-state index is 13.3. The zero-order valence-electron chi connectivity index (χ0n) is 19.9. The number of hydrogen-bond acceptors (Lipinski definition) is 5. The molecule has 2 aromatic carbocycles. The molecule has 0 bridgehead atoms. The Balaban J connectivity index is 1.86. The summed E-state index contributed by atoms with van der Waals surface area (Å²) in [5, 5.41) is 10.8. The molecule has 0 spiro atoms. The molecule has 172 valence electrons. The minimum atomic E-state index is -0.761. The molecule has 0 aliphatic carbocycles. The number of anilines is 2.